The van der Waals surface area contributed by atoms with Crippen LogP contribution in [0.4, 0.5) is 0 Å². The third-order valence-electron chi connectivity index (χ3n) is 2.83. The first kappa shape index (κ1) is 16.0. The van der Waals surface area contributed by atoms with Crippen molar-refractivity contribution in [2.24, 2.45) is 5.92 Å². The summed E-state index contributed by atoms with van der Waals surface area (Å²) in [6, 6.07) is 0. The summed E-state index contributed by atoms with van der Waals surface area (Å²) in [4.78, 5) is 11.2. The van der Waals surface area contributed by atoms with Gasteiger partial charge in [-0.25, -0.2) is 4.79 Å². The SMILES string of the molecule is CCCCC(CC)CNC(C)=CC(=O)OCC. The van der Waals surface area contributed by atoms with Crippen LogP contribution in [0.5, 0.6) is 0 Å². The number of esters is 1. The zero-order chi connectivity index (χ0) is 13.1. The van der Waals surface area contributed by atoms with E-state index in [-0.39, 0.29) is 5.97 Å². The Morgan fingerprint density at radius 2 is 2.06 bits per heavy atom. The first-order valence-electron chi connectivity index (χ1n) is 6.72. The Kier molecular flexibility index (Phi) is 9.59. The standard InChI is InChI=1S/C14H27NO2/c1-5-8-9-13(6-2)11-15-12(4)10-14(16)17-7-3/h10,13,15H,5-9,11H2,1-4H3. The molecule has 0 aliphatic rings. The van der Waals surface area contributed by atoms with Gasteiger partial charge in [-0.15, -0.1) is 0 Å². The van der Waals surface area contributed by atoms with Crippen molar-refractivity contribution in [2.45, 2.75) is 53.4 Å². The second kappa shape index (κ2) is 10.2. The van der Waals surface area contributed by atoms with Gasteiger partial charge in [0, 0.05) is 18.3 Å². The van der Waals surface area contributed by atoms with E-state index in [1.807, 2.05) is 13.8 Å². The van der Waals surface area contributed by atoms with Gasteiger partial charge in [0.15, 0.2) is 0 Å². The smallest absolute Gasteiger partial charge is 0.332 e. The zero-order valence-corrected chi connectivity index (χ0v) is 11.7. The number of ether oxygens (including phenoxy) is 1. The molecular weight excluding hydrogens is 214 g/mol. The third-order valence-corrected chi connectivity index (χ3v) is 2.83. The highest BCUT2D eigenvalue weighted by atomic mass is 16.5. The summed E-state index contributed by atoms with van der Waals surface area (Å²) in [5, 5.41) is 3.29. The van der Waals surface area contributed by atoms with E-state index >= 15 is 0 Å². The maximum atomic E-state index is 11.2. The van der Waals surface area contributed by atoms with Gasteiger partial charge in [-0.1, -0.05) is 33.1 Å². The minimum absolute atomic E-state index is 0.265. The van der Waals surface area contributed by atoms with E-state index in [2.05, 4.69) is 19.2 Å². The number of allylic oxidation sites excluding steroid dienone is 1. The highest BCUT2D eigenvalue weighted by molar-refractivity contribution is 5.82. The maximum absolute atomic E-state index is 11.2. The van der Waals surface area contributed by atoms with Crippen molar-refractivity contribution < 1.29 is 9.53 Å². The summed E-state index contributed by atoms with van der Waals surface area (Å²) in [6.45, 7) is 9.52. The van der Waals surface area contributed by atoms with Crippen LogP contribution in [-0.2, 0) is 9.53 Å². The first-order chi connectivity index (χ1) is 8.13. The average Bonchev–Trinajstić information content (AvgIpc) is 2.29. The molecule has 0 saturated heterocycles. The molecule has 1 atom stereocenters. The van der Waals surface area contributed by atoms with Gasteiger partial charge in [-0.3, -0.25) is 0 Å². The van der Waals surface area contributed by atoms with E-state index < -0.39 is 0 Å². The van der Waals surface area contributed by atoms with Crippen molar-refractivity contribution in [1.82, 2.24) is 5.32 Å². The highest BCUT2D eigenvalue weighted by Crippen LogP contribution is 2.11. The lowest BCUT2D eigenvalue weighted by molar-refractivity contribution is -0.137. The molecular formula is C14H27NO2. The van der Waals surface area contributed by atoms with Crippen LogP contribution in [0.15, 0.2) is 11.8 Å². The van der Waals surface area contributed by atoms with Crippen LogP contribution in [0.3, 0.4) is 0 Å². The Balaban J connectivity index is 3.94. The lowest BCUT2D eigenvalue weighted by Crippen LogP contribution is -2.21. The molecule has 0 aromatic carbocycles. The second-order valence-corrected chi connectivity index (χ2v) is 4.38. The molecule has 0 spiro atoms. The molecule has 0 aromatic rings. The van der Waals surface area contributed by atoms with Gasteiger partial charge in [0.2, 0.25) is 0 Å². The number of rotatable bonds is 9. The summed E-state index contributed by atoms with van der Waals surface area (Å²) in [5.41, 5.74) is 0.887. The predicted octanol–water partition coefficient (Wildman–Crippen LogP) is 3.26. The van der Waals surface area contributed by atoms with Gasteiger partial charge in [0.1, 0.15) is 0 Å². The Hall–Kier alpha value is -0.990. The Bertz CT molecular complexity index is 236. The largest absolute Gasteiger partial charge is 0.463 e. The lowest BCUT2D eigenvalue weighted by Gasteiger charge is -2.16. The maximum Gasteiger partial charge on any atom is 0.332 e. The molecule has 0 aliphatic heterocycles. The molecule has 3 nitrogen and oxygen atoms in total. The van der Waals surface area contributed by atoms with Crippen LogP contribution < -0.4 is 5.32 Å². The number of carbonyl (C=O) groups excluding carboxylic acids is 1. The topological polar surface area (TPSA) is 38.3 Å². The van der Waals surface area contributed by atoms with Crippen LogP contribution in [0.2, 0.25) is 0 Å². The summed E-state index contributed by atoms with van der Waals surface area (Å²) < 4.78 is 4.86. The number of hydrogen-bond acceptors (Lipinski definition) is 3. The molecule has 17 heavy (non-hydrogen) atoms. The zero-order valence-electron chi connectivity index (χ0n) is 11.7. The average molecular weight is 241 g/mol. The van der Waals surface area contributed by atoms with E-state index in [1.54, 1.807) is 0 Å². The molecule has 0 radical (unpaired) electrons. The number of hydrogen-bond donors (Lipinski definition) is 1. The first-order valence-corrected chi connectivity index (χ1v) is 6.72. The van der Waals surface area contributed by atoms with Crippen molar-refractivity contribution in [3.8, 4) is 0 Å². The van der Waals surface area contributed by atoms with Gasteiger partial charge in [0.05, 0.1) is 6.61 Å². The van der Waals surface area contributed by atoms with E-state index in [1.165, 1.54) is 31.8 Å². The Morgan fingerprint density at radius 3 is 2.59 bits per heavy atom. The molecule has 0 heterocycles. The van der Waals surface area contributed by atoms with Crippen LogP contribution in [0.1, 0.15) is 53.4 Å². The summed E-state index contributed by atoms with van der Waals surface area (Å²) in [5.74, 6) is 0.430. The van der Waals surface area contributed by atoms with Gasteiger partial charge in [-0.05, 0) is 26.2 Å². The fraction of sp³-hybridized carbons (Fsp3) is 0.786. The monoisotopic (exact) mass is 241 g/mol. The molecule has 0 rings (SSSR count). The van der Waals surface area contributed by atoms with Gasteiger partial charge >= 0.3 is 5.97 Å². The molecule has 1 N–H and O–H groups in total. The van der Waals surface area contributed by atoms with Crippen molar-refractivity contribution in [1.29, 1.82) is 0 Å². The van der Waals surface area contributed by atoms with Crippen molar-refractivity contribution in [2.75, 3.05) is 13.2 Å². The molecule has 0 saturated carbocycles. The molecule has 3 heteroatoms. The minimum Gasteiger partial charge on any atom is -0.463 e. The van der Waals surface area contributed by atoms with Gasteiger partial charge in [-0.2, -0.15) is 0 Å². The Labute approximate surface area is 106 Å². The Morgan fingerprint density at radius 1 is 1.35 bits per heavy atom. The van der Waals surface area contributed by atoms with Crippen LogP contribution in [0, 0.1) is 5.92 Å². The second-order valence-electron chi connectivity index (χ2n) is 4.38. The van der Waals surface area contributed by atoms with Crippen LogP contribution in [0.25, 0.3) is 0 Å². The van der Waals surface area contributed by atoms with E-state index in [0.717, 1.165) is 12.2 Å². The summed E-state index contributed by atoms with van der Waals surface area (Å²) >= 11 is 0. The highest BCUT2D eigenvalue weighted by Gasteiger charge is 2.05. The number of nitrogens with one attached hydrogen (secondary N) is 1. The van der Waals surface area contributed by atoms with Gasteiger partial charge in [0.25, 0.3) is 0 Å². The van der Waals surface area contributed by atoms with E-state index in [0.29, 0.717) is 12.5 Å². The molecule has 100 valence electrons. The third kappa shape index (κ3) is 8.78. The van der Waals surface area contributed by atoms with Crippen LogP contribution in [-0.4, -0.2) is 19.1 Å². The van der Waals surface area contributed by atoms with Crippen molar-refractivity contribution in [3.05, 3.63) is 11.8 Å². The molecule has 0 bridgehead atoms. The van der Waals surface area contributed by atoms with Gasteiger partial charge < -0.3 is 10.1 Å². The van der Waals surface area contributed by atoms with Crippen molar-refractivity contribution >= 4 is 5.97 Å². The quantitative estimate of drug-likeness (QED) is 0.497. The molecule has 1 unspecified atom stereocenters. The number of unbranched alkanes of at least 4 members (excludes halogenated alkanes) is 1. The lowest BCUT2D eigenvalue weighted by atomic mass is 9.99. The normalized spacial score (nSPS) is 13.3. The predicted molar refractivity (Wildman–Crippen MR) is 71.7 cm³/mol. The fourth-order valence-electron chi connectivity index (χ4n) is 1.66. The molecule has 0 amide bonds. The molecule has 0 fully saturated rings. The molecule has 0 aliphatic carbocycles. The minimum atomic E-state index is -0.265. The summed E-state index contributed by atoms with van der Waals surface area (Å²) in [7, 11) is 0. The molecule has 0 aromatic heterocycles. The van der Waals surface area contributed by atoms with E-state index in [9.17, 15) is 4.79 Å². The summed E-state index contributed by atoms with van der Waals surface area (Å²) in [6.07, 6.45) is 6.48. The van der Waals surface area contributed by atoms with Crippen molar-refractivity contribution in [3.63, 3.8) is 0 Å². The fourth-order valence-corrected chi connectivity index (χ4v) is 1.66. The van der Waals surface area contributed by atoms with E-state index in [4.69, 9.17) is 4.74 Å². The number of carbonyl (C=O) groups is 1. The van der Waals surface area contributed by atoms with Crippen LogP contribution >= 0.6 is 0 Å².